The number of carbonyl (C=O) groups is 1. The Bertz CT molecular complexity index is 589. The molecule has 0 saturated heterocycles. The Kier molecular flexibility index (Phi) is 4.21. The van der Waals surface area contributed by atoms with E-state index in [1.807, 2.05) is 20.8 Å². The molecular formula is C12H19N3O3S. The first kappa shape index (κ1) is 15.5. The van der Waals surface area contributed by atoms with Crippen LogP contribution in [-0.4, -0.2) is 20.0 Å². The summed E-state index contributed by atoms with van der Waals surface area (Å²) in [5, 5.41) is 10.4. The van der Waals surface area contributed by atoms with E-state index < -0.39 is 16.1 Å². The van der Waals surface area contributed by atoms with Crippen LogP contribution < -0.4 is 15.8 Å². The van der Waals surface area contributed by atoms with Crippen molar-refractivity contribution in [1.29, 1.82) is 0 Å². The van der Waals surface area contributed by atoms with Crippen LogP contribution in [0.25, 0.3) is 0 Å². The Morgan fingerprint density at radius 3 is 2.32 bits per heavy atom. The summed E-state index contributed by atoms with van der Waals surface area (Å²) >= 11 is 0. The number of nitrogens with two attached hydrogens (primary N) is 1. The van der Waals surface area contributed by atoms with Crippen LogP contribution >= 0.6 is 0 Å². The van der Waals surface area contributed by atoms with E-state index in [0.717, 1.165) is 0 Å². The van der Waals surface area contributed by atoms with Crippen LogP contribution in [-0.2, 0) is 10.0 Å². The Balaban J connectivity index is 3.01. The molecule has 0 aliphatic heterocycles. The van der Waals surface area contributed by atoms with Gasteiger partial charge in [0.25, 0.3) is 0 Å². The molecule has 0 radical (unpaired) electrons. The smallest absolute Gasteiger partial charge is 0.319 e. The second kappa shape index (κ2) is 5.18. The normalized spacial score (nSPS) is 12.1. The van der Waals surface area contributed by atoms with Gasteiger partial charge in [-0.25, -0.2) is 18.4 Å². The maximum absolute atomic E-state index is 11.7. The van der Waals surface area contributed by atoms with E-state index in [1.165, 1.54) is 12.1 Å². The van der Waals surface area contributed by atoms with Crippen molar-refractivity contribution >= 4 is 21.7 Å². The Morgan fingerprint density at radius 2 is 1.84 bits per heavy atom. The van der Waals surface area contributed by atoms with Gasteiger partial charge in [-0.15, -0.1) is 0 Å². The first-order chi connectivity index (χ1) is 8.50. The van der Waals surface area contributed by atoms with Gasteiger partial charge in [0.2, 0.25) is 10.0 Å². The number of hydrogen-bond acceptors (Lipinski definition) is 3. The molecule has 1 aromatic rings. The molecule has 0 saturated carbocycles. The van der Waals surface area contributed by atoms with Crippen molar-refractivity contribution in [2.45, 2.75) is 38.1 Å². The number of urea groups is 1. The summed E-state index contributed by atoms with van der Waals surface area (Å²) in [5.74, 6) is 0. The number of benzene rings is 1. The number of primary sulfonamides is 1. The van der Waals surface area contributed by atoms with E-state index in [-0.39, 0.29) is 10.4 Å². The molecule has 0 atom stereocenters. The highest BCUT2D eigenvalue weighted by atomic mass is 32.2. The fourth-order valence-electron chi connectivity index (χ4n) is 1.55. The second-order valence-corrected chi connectivity index (χ2v) is 6.83. The van der Waals surface area contributed by atoms with Crippen molar-refractivity contribution in [1.82, 2.24) is 5.32 Å². The van der Waals surface area contributed by atoms with Gasteiger partial charge in [0.15, 0.2) is 0 Å². The van der Waals surface area contributed by atoms with E-state index in [9.17, 15) is 13.2 Å². The van der Waals surface area contributed by atoms with Crippen molar-refractivity contribution in [2.75, 3.05) is 5.32 Å². The van der Waals surface area contributed by atoms with Gasteiger partial charge in [0.1, 0.15) is 0 Å². The number of sulfonamides is 1. The summed E-state index contributed by atoms with van der Waals surface area (Å²) in [6.07, 6.45) is 0. The van der Waals surface area contributed by atoms with Crippen molar-refractivity contribution in [3.05, 3.63) is 23.8 Å². The number of amides is 2. The second-order valence-electron chi connectivity index (χ2n) is 5.30. The number of anilines is 1. The SMILES string of the molecule is Cc1c(NC(=O)NC(C)(C)C)cccc1S(N)(=O)=O. The Hall–Kier alpha value is -1.60. The zero-order valence-electron chi connectivity index (χ0n) is 11.4. The Labute approximate surface area is 113 Å². The predicted octanol–water partition coefficient (Wildman–Crippen LogP) is 1.56. The average molecular weight is 285 g/mol. The lowest BCUT2D eigenvalue weighted by Gasteiger charge is -2.21. The molecule has 0 heterocycles. The summed E-state index contributed by atoms with van der Waals surface area (Å²) in [7, 11) is -3.80. The first-order valence-electron chi connectivity index (χ1n) is 5.72. The van der Waals surface area contributed by atoms with Crippen LogP contribution in [0.3, 0.4) is 0 Å². The monoisotopic (exact) mass is 285 g/mol. The molecule has 4 N–H and O–H groups in total. The van der Waals surface area contributed by atoms with Crippen molar-refractivity contribution < 1.29 is 13.2 Å². The minimum absolute atomic E-state index is 0.000980. The third-order valence-electron chi connectivity index (χ3n) is 2.33. The fraction of sp³-hybridized carbons (Fsp3) is 0.417. The topological polar surface area (TPSA) is 101 Å². The van der Waals surface area contributed by atoms with Crippen LogP contribution in [0, 0.1) is 6.92 Å². The minimum atomic E-state index is -3.80. The molecule has 1 aromatic carbocycles. The van der Waals surface area contributed by atoms with Gasteiger partial charge in [-0.2, -0.15) is 0 Å². The molecule has 106 valence electrons. The summed E-state index contributed by atoms with van der Waals surface area (Å²) in [6, 6.07) is 4.14. The summed E-state index contributed by atoms with van der Waals surface area (Å²) in [5.41, 5.74) is 0.442. The molecule has 1 rings (SSSR count). The largest absolute Gasteiger partial charge is 0.333 e. The van der Waals surface area contributed by atoms with Gasteiger partial charge < -0.3 is 10.6 Å². The maximum Gasteiger partial charge on any atom is 0.319 e. The molecule has 2 amide bonds. The Morgan fingerprint density at radius 1 is 1.26 bits per heavy atom. The summed E-state index contributed by atoms with van der Waals surface area (Å²) in [6.45, 7) is 7.13. The highest BCUT2D eigenvalue weighted by Gasteiger charge is 2.17. The van der Waals surface area contributed by atoms with Gasteiger partial charge >= 0.3 is 6.03 Å². The van der Waals surface area contributed by atoms with Gasteiger partial charge in [-0.3, -0.25) is 0 Å². The average Bonchev–Trinajstić information content (AvgIpc) is 2.16. The van der Waals surface area contributed by atoms with Gasteiger partial charge in [0.05, 0.1) is 4.90 Å². The molecule has 0 unspecified atom stereocenters. The molecule has 0 aromatic heterocycles. The third kappa shape index (κ3) is 4.53. The van der Waals surface area contributed by atoms with E-state index in [0.29, 0.717) is 11.3 Å². The van der Waals surface area contributed by atoms with E-state index in [1.54, 1.807) is 13.0 Å². The summed E-state index contributed by atoms with van der Waals surface area (Å²) < 4.78 is 22.7. The van der Waals surface area contributed by atoms with Crippen LogP contribution in [0.4, 0.5) is 10.5 Å². The molecule has 6 nitrogen and oxygen atoms in total. The molecule has 0 spiro atoms. The summed E-state index contributed by atoms with van der Waals surface area (Å²) in [4.78, 5) is 11.7. The van der Waals surface area contributed by atoms with Crippen molar-refractivity contribution in [3.63, 3.8) is 0 Å². The zero-order valence-corrected chi connectivity index (χ0v) is 12.3. The molecule has 0 aliphatic rings. The lowest BCUT2D eigenvalue weighted by Crippen LogP contribution is -2.43. The van der Waals surface area contributed by atoms with Gasteiger partial charge in [-0.05, 0) is 45.4 Å². The highest BCUT2D eigenvalue weighted by Crippen LogP contribution is 2.21. The van der Waals surface area contributed by atoms with Crippen molar-refractivity contribution in [3.8, 4) is 0 Å². The molecule has 0 aliphatic carbocycles. The fourth-order valence-corrected chi connectivity index (χ4v) is 2.36. The van der Waals surface area contributed by atoms with Crippen LogP contribution in [0.15, 0.2) is 23.1 Å². The first-order valence-corrected chi connectivity index (χ1v) is 7.27. The molecule has 19 heavy (non-hydrogen) atoms. The number of rotatable bonds is 2. The van der Waals surface area contributed by atoms with Gasteiger partial charge in [0, 0.05) is 11.2 Å². The van der Waals surface area contributed by atoms with E-state index in [2.05, 4.69) is 10.6 Å². The van der Waals surface area contributed by atoms with Crippen LogP contribution in [0.1, 0.15) is 26.3 Å². The maximum atomic E-state index is 11.7. The lowest BCUT2D eigenvalue weighted by molar-refractivity contribution is 0.244. The van der Waals surface area contributed by atoms with E-state index in [4.69, 9.17) is 5.14 Å². The van der Waals surface area contributed by atoms with E-state index >= 15 is 0 Å². The number of hydrogen-bond donors (Lipinski definition) is 3. The minimum Gasteiger partial charge on any atom is -0.333 e. The number of nitrogens with one attached hydrogen (secondary N) is 2. The van der Waals surface area contributed by atoms with Crippen LogP contribution in [0.2, 0.25) is 0 Å². The van der Waals surface area contributed by atoms with Crippen molar-refractivity contribution in [2.24, 2.45) is 5.14 Å². The predicted molar refractivity (Wildman–Crippen MR) is 74.5 cm³/mol. The quantitative estimate of drug-likeness (QED) is 0.768. The highest BCUT2D eigenvalue weighted by molar-refractivity contribution is 7.89. The number of carbonyl (C=O) groups excluding carboxylic acids is 1. The molecule has 0 bridgehead atoms. The lowest BCUT2D eigenvalue weighted by atomic mass is 10.1. The molecule has 7 heteroatoms. The standard InChI is InChI=1S/C12H19N3O3S/c1-8-9(14-11(16)15-12(2,3)4)6-5-7-10(8)19(13,17)18/h5-7H,1-4H3,(H2,13,17,18)(H2,14,15,16). The van der Waals surface area contributed by atoms with Crippen LogP contribution in [0.5, 0.6) is 0 Å². The molecule has 0 fully saturated rings. The third-order valence-corrected chi connectivity index (χ3v) is 3.38. The van der Waals surface area contributed by atoms with Gasteiger partial charge in [-0.1, -0.05) is 6.07 Å². The zero-order chi connectivity index (χ0) is 14.8. The molecular weight excluding hydrogens is 266 g/mol.